The van der Waals surface area contributed by atoms with Crippen LogP contribution >= 0.6 is 0 Å². The van der Waals surface area contributed by atoms with Crippen molar-refractivity contribution in [3.8, 4) is 0 Å². The molecule has 0 spiro atoms. The molecule has 1 aromatic carbocycles. The summed E-state index contributed by atoms with van der Waals surface area (Å²) in [4.78, 5) is 14.9. The van der Waals surface area contributed by atoms with E-state index in [1.165, 1.54) is 0 Å². The summed E-state index contributed by atoms with van der Waals surface area (Å²) >= 11 is -4.31. The molecule has 22 heavy (non-hydrogen) atoms. The molecule has 11 heteroatoms. The van der Waals surface area contributed by atoms with E-state index in [-0.39, 0.29) is 3.12 Å². The van der Waals surface area contributed by atoms with E-state index in [0.717, 1.165) is 14.8 Å². The van der Waals surface area contributed by atoms with E-state index >= 15 is 0 Å². The molecule has 2 nitrogen and oxygen atoms in total. The van der Waals surface area contributed by atoms with Crippen LogP contribution in [-0.2, 0) is 4.79 Å². The van der Waals surface area contributed by atoms with Gasteiger partial charge in [-0.3, -0.25) is 0 Å². The Kier molecular flexibility index (Phi) is 5.05. The Morgan fingerprint density at radius 2 is 1.14 bits per heavy atom. The molecule has 1 amide bonds. The molecule has 1 aromatic rings. The van der Waals surface area contributed by atoms with E-state index in [0.29, 0.717) is 0 Å². The van der Waals surface area contributed by atoms with Crippen LogP contribution in [-0.4, -0.2) is 30.7 Å². The van der Waals surface area contributed by atoms with Gasteiger partial charge in [-0.2, -0.15) is 0 Å². The Morgan fingerprint density at radius 1 is 0.818 bits per heavy atom. The molecular weight excluding hydrogens is 433 g/mol. The van der Waals surface area contributed by atoms with Gasteiger partial charge in [-0.15, -0.1) is 0 Å². The molecule has 0 radical (unpaired) electrons. The van der Waals surface area contributed by atoms with Crippen molar-refractivity contribution in [3.05, 3.63) is 29.1 Å². The standard InChI is InChI=1S/C8HF8NO.3CH3.Sn/c9-1-2(10)4(12)6(5(13)3(1)11)17-7(18)8(14,15)16;;;;/h(H,17,18);3*1H3;/q;;;;+1/p-1. The Bertz CT molecular complexity index is 593. The first kappa shape index (κ1) is 19.0. The van der Waals surface area contributed by atoms with Crippen LogP contribution in [0.2, 0.25) is 14.8 Å². The molecule has 0 atom stereocenters. The fourth-order valence-electron chi connectivity index (χ4n) is 1.66. The monoisotopic (exact) mass is 443 g/mol. The third kappa shape index (κ3) is 3.30. The van der Waals surface area contributed by atoms with Gasteiger partial charge in [0.15, 0.2) is 0 Å². The van der Waals surface area contributed by atoms with Crippen molar-refractivity contribution in [2.45, 2.75) is 21.0 Å². The summed E-state index contributed by atoms with van der Waals surface area (Å²) in [6.07, 6.45) is -5.52. The molecule has 0 aromatic heterocycles. The van der Waals surface area contributed by atoms with Gasteiger partial charge in [0.2, 0.25) is 0 Å². The van der Waals surface area contributed by atoms with Gasteiger partial charge in [0, 0.05) is 0 Å². The summed E-state index contributed by atoms with van der Waals surface area (Å²) in [5.74, 6) is -14.9. The maximum atomic E-state index is 13.7. The van der Waals surface area contributed by atoms with Gasteiger partial charge in [-0.1, -0.05) is 0 Å². The summed E-state index contributed by atoms with van der Waals surface area (Å²) < 4.78 is 104. The Hall–Kier alpha value is -1.07. The fourth-order valence-corrected chi connectivity index (χ4v) is 6.23. The SMILES string of the molecule is [CH3][Sn]([CH3])([CH3])[N](C(=O)C(F)(F)F)c1c(F)c(F)c(F)c(F)c1F. The summed E-state index contributed by atoms with van der Waals surface area (Å²) in [6.45, 7) is 0. The van der Waals surface area contributed by atoms with E-state index in [1.807, 2.05) is 0 Å². The van der Waals surface area contributed by atoms with E-state index in [2.05, 4.69) is 0 Å². The van der Waals surface area contributed by atoms with Crippen molar-refractivity contribution in [3.63, 3.8) is 0 Å². The molecule has 124 valence electrons. The zero-order valence-corrected chi connectivity index (χ0v) is 14.2. The van der Waals surface area contributed by atoms with Gasteiger partial charge in [-0.25, -0.2) is 0 Å². The third-order valence-corrected chi connectivity index (χ3v) is 7.57. The first-order chi connectivity index (χ1) is 9.71. The number of alkyl halides is 3. The molecule has 0 bridgehead atoms. The predicted octanol–water partition coefficient (Wildman–Crippen LogP) is 4.11. The fraction of sp³-hybridized carbons (Fsp3) is 0.364. The van der Waals surface area contributed by atoms with Gasteiger partial charge in [0.1, 0.15) is 0 Å². The van der Waals surface area contributed by atoms with Gasteiger partial charge in [0.05, 0.1) is 0 Å². The summed E-state index contributed by atoms with van der Waals surface area (Å²) in [5.41, 5.74) is -1.86. The van der Waals surface area contributed by atoms with E-state index < -0.39 is 65.5 Å². The van der Waals surface area contributed by atoms with Crippen molar-refractivity contribution < 1.29 is 39.9 Å². The van der Waals surface area contributed by atoms with Gasteiger partial charge in [0.25, 0.3) is 0 Å². The molecule has 1 rings (SSSR count). The number of hydrogen-bond acceptors (Lipinski definition) is 1. The number of carbonyl (C=O) groups is 1. The number of benzene rings is 1. The number of nitrogens with zero attached hydrogens (tertiary/aromatic N) is 1. The van der Waals surface area contributed by atoms with Gasteiger partial charge < -0.3 is 0 Å². The third-order valence-electron chi connectivity index (χ3n) is 2.53. The summed E-state index contributed by atoms with van der Waals surface area (Å²) in [7, 11) is 0. The quantitative estimate of drug-likeness (QED) is 0.293. The summed E-state index contributed by atoms with van der Waals surface area (Å²) in [6, 6.07) is 0. The molecule has 0 aliphatic heterocycles. The van der Waals surface area contributed by atoms with Gasteiger partial charge in [-0.05, 0) is 0 Å². The molecular formula is C11H9F8NOSn. The molecule has 0 unspecified atom stereocenters. The maximum absolute atomic E-state index is 13.7. The van der Waals surface area contributed by atoms with Crippen molar-refractivity contribution in [2.75, 3.05) is 3.12 Å². The van der Waals surface area contributed by atoms with Crippen molar-refractivity contribution >= 4 is 30.2 Å². The molecule has 0 N–H and O–H groups in total. The topological polar surface area (TPSA) is 20.3 Å². The van der Waals surface area contributed by atoms with Crippen LogP contribution in [0.15, 0.2) is 0 Å². The first-order valence-corrected chi connectivity index (χ1v) is 15.5. The molecule has 0 saturated heterocycles. The predicted molar refractivity (Wildman–Crippen MR) is 63.1 cm³/mol. The zero-order valence-electron chi connectivity index (χ0n) is 11.4. The van der Waals surface area contributed by atoms with Crippen molar-refractivity contribution in [1.82, 2.24) is 0 Å². The number of amides is 1. The second-order valence-electron chi connectivity index (χ2n) is 5.23. The Balaban J connectivity index is 3.77. The average Bonchev–Trinajstić information content (AvgIpc) is 2.35. The van der Waals surface area contributed by atoms with Crippen molar-refractivity contribution in [1.29, 1.82) is 0 Å². The van der Waals surface area contributed by atoms with Crippen LogP contribution in [0.1, 0.15) is 0 Å². The van der Waals surface area contributed by atoms with Gasteiger partial charge >= 0.3 is 123 Å². The second-order valence-corrected chi connectivity index (χ2v) is 18.9. The number of rotatable bonds is 2. The molecule has 0 aliphatic rings. The number of anilines is 1. The molecule has 0 saturated carbocycles. The Morgan fingerprint density at radius 3 is 1.41 bits per heavy atom. The van der Waals surface area contributed by atoms with Crippen LogP contribution in [0.5, 0.6) is 0 Å². The van der Waals surface area contributed by atoms with Crippen molar-refractivity contribution in [2.24, 2.45) is 0 Å². The molecule has 0 heterocycles. The van der Waals surface area contributed by atoms with E-state index in [1.54, 1.807) is 0 Å². The van der Waals surface area contributed by atoms with Crippen LogP contribution < -0.4 is 3.12 Å². The van der Waals surface area contributed by atoms with Crippen LogP contribution in [0, 0.1) is 29.1 Å². The minimum absolute atomic E-state index is 0.301. The Labute approximate surface area is 123 Å². The second kappa shape index (κ2) is 5.85. The number of hydrogen-bond donors (Lipinski definition) is 0. The van der Waals surface area contributed by atoms with E-state index in [9.17, 15) is 39.9 Å². The average molecular weight is 442 g/mol. The van der Waals surface area contributed by atoms with Crippen LogP contribution in [0.4, 0.5) is 40.8 Å². The minimum atomic E-state index is -5.52. The number of carbonyl (C=O) groups excluding carboxylic acids is 1. The van der Waals surface area contributed by atoms with E-state index in [4.69, 9.17) is 0 Å². The summed E-state index contributed by atoms with van der Waals surface area (Å²) in [5, 5.41) is 0. The first-order valence-electron chi connectivity index (χ1n) is 5.64. The molecule has 0 aliphatic carbocycles. The number of halogens is 8. The zero-order chi connectivity index (χ0) is 17.6. The van der Waals surface area contributed by atoms with Crippen LogP contribution in [0.3, 0.4) is 0 Å². The molecule has 0 fully saturated rings. The normalized spacial score (nSPS) is 12.5. The van der Waals surface area contributed by atoms with Crippen LogP contribution in [0.25, 0.3) is 0 Å².